The number of hydrogen-bond donors (Lipinski definition) is 2. The minimum atomic E-state index is -0.656. The van der Waals surface area contributed by atoms with Crippen molar-refractivity contribution < 1.29 is 19.1 Å². The summed E-state index contributed by atoms with van der Waals surface area (Å²) in [4.78, 5) is 26.4. The van der Waals surface area contributed by atoms with Gasteiger partial charge in [-0.1, -0.05) is 24.3 Å². The van der Waals surface area contributed by atoms with Gasteiger partial charge in [-0.25, -0.2) is 4.68 Å². The van der Waals surface area contributed by atoms with Crippen molar-refractivity contribution in [3.8, 4) is 22.8 Å². The topological polar surface area (TPSA) is 126 Å². The third-order valence-corrected chi connectivity index (χ3v) is 5.64. The van der Waals surface area contributed by atoms with E-state index < -0.39 is 5.91 Å². The second kappa shape index (κ2) is 10.2. The van der Waals surface area contributed by atoms with Crippen LogP contribution in [0.4, 0.5) is 5.82 Å². The summed E-state index contributed by atoms with van der Waals surface area (Å²) in [7, 11) is 1.57. The van der Waals surface area contributed by atoms with Crippen LogP contribution in [0.2, 0.25) is 0 Å². The summed E-state index contributed by atoms with van der Waals surface area (Å²) in [6.07, 6.45) is 3.83. The zero-order chi connectivity index (χ0) is 24.1. The number of aromatic nitrogens is 2. The van der Waals surface area contributed by atoms with Crippen LogP contribution in [0.3, 0.4) is 0 Å². The van der Waals surface area contributed by atoms with E-state index in [2.05, 4.69) is 5.10 Å². The summed E-state index contributed by atoms with van der Waals surface area (Å²) in [5.41, 5.74) is 13.2. The average Bonchev–Trinajstić information content (AvgIpc) is 3.45. The number of carbonyl (C=O) groups is 2. The summed E-state index contributed by atoms with van der Waals surface area (Å²) in [5, 5.41) is 4.64. The lowest BCUT2D eigenvalue weighted by Crippen LogP contribution is -2.28. The number of anilines is 1. The summed E-state index contributed by atoms with van der Waals surface area (Å²) < 4.78 is 12.4. The van der Waals surface area contributed by atoms with Gasteiger partial charge in [0.05, 0.1) is 12.6 Å². The number of amides is 2. The van der Waals surface area contributed by atoms with Crippen molar-refractivity contribution in [1.29, 1.82) is 0 Å². The van der Waals surface area contributed by atoms with Crippen molar-refractivity contribution >= 4 is 17.6 Å². The van der Waals surface area contributed by atoms with Crippen LogP contribution in [-0.4, -0.2) is 53.3 Å². The van der Waals surface area contributed by atoms with E-state index in [4.69, 9.17) is 20.9 Å². The molecule has 9 heteroatoms. The first-order chi connectivity index (χ1) is 16.5. The van der Waals surface area contributed by atoms with Crippen molar-refractivity contribution in [1.82, 2.24) is 14.7 Å². The second-order valence-corrected chi connectivity index (χ2v) is 7.94. The fraction of sp³-hybridized carbons (Fsp3) is 0.240. The Labute approximate surface area is 197 Å². The molecular formula is C25H27N5O4. The highest BCUT2D eigenvalue weighted by Gasteiger charge is 2.31. The zero-order valence-electron chi connectivity index (χ0n) is 18.9. The van der Waals surface area contributed by atoms with Gasteiger partial charge in [0.1, 0.15) is 28.6 Å². The molecule has 1 aromatic heterocycles. The van der Waals surface area contributed by atoms with Gasteiger partial charge >= 0.3 is 0 Å². The van der Waals surface area contributed by atoms with Gasteiger partial charge in [-0.15, -0.1) is 0 Å². The number of ether oxygens (including phenoxy) is 2. The van der Waals surface area contributed by atoms with E-state index in [1.165, 1.54) is 6.08 Å². The predicted molar refractivity (Wildman–Crippen MR) is 128 cm³/mol. The van der Waals surface area contributed by atoms with Crippen molar-refractivity contribution in [2.45, 2.75) is 12.5 Å². The summed E-state index contributed by atoms with van der Waals surface area (Å²) in [6.45, 7) is 1.37. The van der Waals surface area contributed by atoms with E-state index in [-0.39, 0.29) is 23.3 Å². The van der Waals surface area contributed by atoms with Crippen LogP contribution in [0.25, 0.3) is 11.3 Å². The van der Waals surface area contributed by atoms with Gasteiger partial charge in [0, 0.05) is 31.8 Å². The normalized spacial score (nSPS) is 15.7. The molecule has 4 rings (SSSR count). The number of carbonyl (C=O) groups excluding carboxylic acids is 2. The number of nitrogens with zero attached hydrogens (tertiary/aromatic N) is 3. The standard InChI is InChI=1S/C25H27N5O4/c1-33-15-5-8-21(31)29-14-13-18(16-29)30-24(26)22(25(27)32)23(28-30)17-9-11-20(12-10-17)34-19-6-3-2-4-7-19/h2-12,18H,13-16,26H2,1H3,(H2,27,32)/t18-/m1/s1. The third-order valence-electron chi connectivity index (χ3n) is 5.64. The molecular weight excluding hydrogens is 434 g/mol. The van der Waals surface area contributed by atoms with Crippen molar-refractivity contribution in [3.63, 3.8) is 0 Å². The first kappa shape index (κ1) is 23.1. The molecule has 4 N–H and O–H groups in total. The Bertz CT molecular complexity index is 1190. The fourth-order valence-electron chi connectivity index (χ4n) is 3.97. The Kier molecular flexibility index (Phi) is 6.93. The summed E-state index contributed by atoms with van der Waals surface area (Å²) in [5.74, 6) is 0.807. The number of nitrogen functional groups attached to an aromatic ring is 1. The molecule has 2 amide bonds. The monoisotopic (exact) mass is 461 g/mol. The first-order valence-corrected chi connectivity index (χ1v) is 10.9. The van der Waals surface area contributed by atoms with E-state index in [1.807, 2.05) is 42.5 Å². The molecule has 1 saturated heterocycles. The van der Waals surface area contributed by atoms with E-state index in [0.717, 1.165) is 5.75 Å². The Morgan fingerprint density at radius 1 is 1.12 bits per heavy atom. The lowest BCUT2D eigenvalue weighted by atomic mass is 10.1. The maximum absolute atomic E-state index is 12.4. The number of para-hydroxylation sites is 1. The van der Waals surface area contributed by atoms with Crippen LogP contribution in [0.1, 0.15) is 22.8 Å². The SMILES string of the molecule is COCC=CC(=O)N1CC[C@@H](n2nc(-c3ccc(Oc4ccccc4)cc3)c(C(N)=O)c2N)C1. The highest BCUT2D eigenvalue weighted by atomic mass is 16.5. The molecule has 2 aromatic carbocycles. The molecule has 1 aliphatic heterocycles. The molecule has 34 heavy (non-hydrogen) atoms. The Morgan fingerprint density at radius 3 is 2.50 bits per heavy atom. The molecule has 0 radical (unpaired) electrons. The zero-order valence-corrected chi connectivity index (χ0v) is 18.9. The van der Waals surface area contributed by atoms with Crippen LogP contribution in [0.15, 0.2) is 66.7 Å². The second-order valence-electron chi connectivity index (χ2n) is 7.94. The molecule has 1 fully saturated rings. The van der Waals surface area contributed by atoms with Crippen LogP contribution in [0, 0.1) is 0 Å². The Balaban J connectivity index is 1.55. The average molecular weight is 462 g/mol. The molecule has 0 saturated carbocycles. The minimum absolute atomic E-state index is 0.102. The molecule has 3 aromatic rings. The fourth-order valence-corrected chi connectivity index (χ4v) is 3.97. The highest BCUT2D eigenvalue weighted by molar-refractivity contribution is 6.03. The first-order valence-electron chi connectivity index (χ1n) is 10.9. The van der Waals surface area contributed by atoms with Crippen LogP contribution >= 0.6 is 0 Å². The van der Waals surface area contributed by atoms with Gasteiger partial charge in [-0.3, -0.25) is 9.59 Å². The van der Waals surface area contributed by atoms with E-state index >= 15 is 0 Å². The number of rotatable bonds is 8. The number of primary amides is 1. The van der Waals surface area contributed by atoms with Gasteiger partial charge in [0.25, 0.3) is 5.91 Å². The van der Waals surface area contributed by atoms with Crippen LogP contribution < -0.4 is 16.2 Å². The molecule has 0 aliphatic carbocycles. The molecule has 0 bridgehead atoms. The van der Waals surface area contributed by atoms with Crippen LogP contribution in [-0.2, 0) is 9.53 Å². The predicted octanol–water partition coefficient (Wildman–Crippen LogP) is 3.00. The van der Waals surface area contributed by atoms with E-state index in [1.54, 1.807) is 34.9 Å². The van der Waals surface area contributed by atoms with Gasteiger partial charge in [-0.05, 0) is 42.8 Å². The third kappa shape index (κ3) is 4.94. The van der Waals surface area contributed by atoms with Gasteiger partial charge in [0.15, 0.2) is 0 Å². The number of hydrogen-bond acceptors (Lipinski definition) is 6. The maximum atomic E-state index is 12.4. The largest absolute Gasteiger partial charge is 0.457 e. The summed E-state index contributed by atoms with van der Waals surface area (Å²) >= 11 is 0. The highest BCUT2D eigenvalue weighted by Crippen LogP contribution is 2.33. The number of methoxy groups -OCH3 is 1. The van der Waals surface area contributed by atoms with E-state index in [9.17, 15) is 9.59 Å². The number of benzene rings is 2. The molecule has 1 aliphatic rings. The van der Waals surface area contributed by atoms with Gasteiger partial charge in [-0.2, -0.15) is 5.10 Å². The molecule has 176 valence electrons. The van der Waals surface area contributed by atoms with Crippen molar-refractivity contribution in [2.75, 3.05) is 32.5 Å². The van der Waals surface area contributed by atoms with E-state index in [0.29, 0.717) is 43.1 Å². The molecule has 0 spiro atoms. The van der Waals surface area contributed by atoms with Gasteiger partial charge in [0.2, 0.25) is 5.91 Å². The number of nitrogens with two attached hydrogens (primary N) is 2. The van der Waals surface area contributed by atoms with Crippen LogP contribution in [0.5, 0.6) is 11.5 Å². The van der Waals surface area contributed by atoms with Crippen molar-refractivity contribution in [3.05, 3.63) is 72.3 Å². The smallest absolute Gasteiger partial charge is 0.254 e. The summed E-state index contributed by atoms with van der Waals surface area (Å²) in [6, 6.07) is 16.5. The lowest BCUT2D eigenvalue weighted by molar-refractivity contribution is -0.125. The quantitative estimate of drug-likeness (QED) is 0.497. The molecule has 9 nitrogen and oxygen atoms in total. The minimum Gasteiger partial charge on any atom is -0.457 e. The Morgan fingerprint density at radius 2 is 1.82 bits per heavy atom. The maximum Gasteiger partial charge on any atom is 0.254 e. The number of likely N-dealkylation sites (tertiary alicyclic amines) is 1. The van der Waals surface area contributed by atoms with Crippen molar-refractivity contribution in [2.24, 2.45) is 5.73 Å². The van der Waals surface area contributed by atoms with Gasteiger partial charge < -0.3 is 25.8 Å². The Hall–Kier alpha value is -4.11. The molecule has 2 heterocycles. The molecule has 0 unspecified atom stereocenters. The molecule has 1 atom stereocenters. The lowest BCUT2D eigenvalue weighted by Gasteiger charge is -2.15.